The Morgan fingerprint density at radius 1 is 1.50 bits per heavy atom. The number of ether oxygens (including phenoxy) is 2. The van der Waals surface area contributed by atoms with Crippen LogP contribution in [0.15, 0.2) is 24.3 Å². The lowest BCUT2D eigenvalue weighted by Crippen LogP contribution is -2.19. The molecule has 1 heterocycles. The van der Waals surface area contributed by atoms with Crippen LogP contribution in [0.4, 0.5) is 0 Å². The van der Waals surface area contributed by atoms with E-state index in [1.165, 1.54) is 5.56 Å². The van der Waals surface area contributed by atoms with Gasteiger partial charge in [-0.15, -0.1) is 0 Å². The van der Waals surface area contributed by atoms with Crippen LogP contribution in [0.1, 0.15) is 50.3 Å². The van der Waals surface area contributed by atoms with Crippen molar-refractivity contribution in [3.8, 4) is 0 Å². The maximum Gasteiger partial charge on any atom is 0.163 e. The van der Waals surface area contributed by atoms with E-state index in [1.54, 1.807) is 0 Å². The minimum Gasteiger partial charge on any atom is -0.347 e. The van der Waals surface area contributed by atoms with E-state index in [0.29, 0.717) is 13.0 Å². The second-order valence-electron chi connectivity index (χ2n) is 5.29. The highest BCUT2D eigenvalue weighted by Crippen LogP contribution is 2.33. The van der Waals surface area contributed by atoms with Crippen LogP contribution in [0.5, 0.6) is 0 Å². The van der Waals surface area contributed by atoms with E-state index >= 15 is 0 Å². The number of hydrogen-bond acceptors (Lipinski definition) is 3. The zero-order chi connectivity index (χ0) is 13.2. The van der Waals surface area contributed by atoms with Crippen LogP contribution in [0, 0.1) is 0 Å². The molecule has 1 aromatic rings. The second kappa shape index (κ2) is 5.21. The molecule has 2 unspecified atom stereocenters. The first kappa shape index (κ1) is 13.2. The van der Waals surface area contributed by atoms with E-state index in [4.69, 9.17) is 9.47 Å². The number of aldehydes is 1. The summed E-state index contributed by atoms with van der Waals surface area (Å²) in [5.41, 5.74) is 2.30. The lowest BCUT2D eigenvalue weighted by Gasteiger charge is -2.18. The van der Waals surface area contributed by atoms with E-state index in [-0.39, 0.29) is 12.0 Å². The van der Waals surface area contributed by atoms with Crippen LogP contribution < -0.4 is 0 Å². The van der Waals surface area contributed by atoms with Gasteiger partial charge in [0.25, 0.3) is 0 Å². The quantitative estimate of drug-likeness (QED) is 0.767. The van der Waals surface area contributed by atoms with Gasteiger partial charge in [-0.3, -0.25) is 0 Å². The molecule has 0 N–H and O–H groups in total. The number of hydrogen-bond donors (Lipinski definition) is 0. The van der Waals surface area contributed by atoms with E-state index in [1.807, 2.05) is 26.0 Å². The van der Waals surface area contributed by atoms with Crippen molar-refractivity contribution in [1.82, 2.24) is 0 Å². The molecule has 98 valence electrons. The summed E-state index contributed by atoms with van der Waals surface area (Å²) in [7, 11) is 0. The molecule has 3 heteroatoms. The summed E-state index contributed by atoms with van der Waals surface area (Å²) in [6.45, 7) is 6.49. The lowest BCUT2D eigenvalue weighted by molar-refractivity contribution is -0.139. The molecule has 1 aliphatic rings. The van der Waals surface area contributed by atoms with E-state index in [2.05, 4.69) is 19.1 Å². The van der Waals surface area contributed by atoms with Gasteiger partial charge in [0, 0.05) is 6.42 Å². The molecule has 2 rings (SSSR count). The van der Waals surface area contributed by atoms with Crippen LogP contribution in [-0.2, 0) is 14.3 Å². The molecular weight excluding hydrogens is 228 g/mol. The van der Waals surface area contributed by atoms with Gasteiger partial charge in [0.2, 0.25) is 0 Å². The van der Waals surface area contributed by atoms with Gasteiger partial charge in [-0.05, 0) is 30.9 Å². The highest BCUT2D eigenvalue weighted by atomic mass is 16.7. The van der Waals surface area contributed by atoms with Crippen molar-refractivity contribution in [2.75, 3.05) is 6.61 Å². The van der Waals surface area contributed by atoms with Crippen molar-refractivity contribution in [2.45, 2.75) is 45.0 Å². The fourth-order valence-electron chi connectivity index (χ4n) is 2.20. The fourth-order valence-corrected chi connectivity index (χ4v) is 2.20. The average Bonchev–Trinajstić information content (AvgIpc) is 2.70. The molecule has 0 radical (unpaired) electrons. The second-order valence-corrected chi connectivity index (χ2v) is 5.29. The predicted octanol–water partition coefficient (Wildman–Crippen LogP) is 3.20. The fraction of sp³-hybridized carbons (Fsp3) is 0.533. The zero-order valence-electron chi connectivity index (χ0n) is 11.2. The van der Waals surface area contributed by atoms with Gasteiger partial charge >= 0.3 is 0 Å². The smallest absolute Gasteiger partial charge is 0.163 e. The third-order valence-corrected chi connectivity index (χ3v) is 3.31. The molecule has 1 aliphatic heterocycles. The number of carbonyl (C=O) groups excluding carboxylic acids is 1. The van der Waals surface area contributed by atoms with Gasteiger partial charge < -0.3 is 14.3 Å². The highest BCUT2D eigenvalue weighted by Gasteiger charge is 2.33. The molecule has 0 bridgehead atoms. The van der Waals surface area contributed by atoms with Crippen molar-refractivity contribution in [3.63, 3.8) is 0 Å². The first-order valence-electron chi connectivity index (χ1n) is 6.37. The number of benzene rings is 1. The molecule has 2 atom stereocenters. The Morgan fingerprint density at radius 2 is 2.28 bits per heavy atom. The van der Waals surface area contributed by atoms with Crippen LogP contribution in [0.2, 0.25) is 0 Å². The monoisotopic (exact) mass is 248 g/mol. The average molecular weight is 248 g/mol. The van der Waals surface area contributed by atoms with Crippen LogP contribution in [0.3, 0.4) is 0 Å². The number of rotatable bonds is 4. The van der Waals surface area contributed by atoms with Crippen molar-refractivity contribution in [3.05, 3.63) is 35.4 Å². The summed E-state index contributed by atoms with van der Waals surface area (Å²) in [5, 5.41) is 0. The Bertz CT molecular complexity index is 426. The summed E-state index contributed by atoms with van der Waals surface area (Å²) in [4.78, 5) is 10.6. The Balaban J connectivity index is 2.15. The lowest BCUT2D eigenvalue weighted by atomic mass is 9.95. The van der Waals surface area contributed by atoms with Gasteiger partial charge in [0.05, 0.1) is 6.61 Å². The Labute approximate surface area is 108 Å². The molecule has 1 fully saturated rings. The standard InChI is InChI=1S/C15H20O3/c1-11(7-8-16)12-5-4-6-13(9-12)14-10-17-15(2,3)18-14/h4-6,8-9,11,14H,7,10H2,1-3H3. The normalized spacial score (nSPS) is 23.8. The van der Waals surface area contributed by atoms with Crippen molar-refractivity contribution < 1.29 is 14.3 Å². The first-order chi connectivity index (χ1) is 8.52. The molecule has 0 amide bonds. The maximum atomic E-state index is 10.6. The Morgan fingerprint density at radius 3 is 2.89 bits per heavy atom. The third-order valence-electron chi connectivity index (χ3n) is 3.31. The van der Waals surface area contributed by atoms with Gasteiger partial charge in [0.15, 0.2) is 5.79 Å². The maximum absolute atomic E-state index is 10.6. The topological polar surface area (TPSA) is 35.5 Å². The van der Waals surface area contributed by atoms with E-state index < -0.39 is 5.79 Å². The largest absolute Gasteiger partial charge is 0.347 e. The van der Waals surface area contributed by atoms with Gasteiger partial charge in [-0.1, -0.05) is 31.2 Å². The Kier molecular flexibility index (Phi) is 3.83. The Hall–Kier alpha value is -1.19. The zero-order valence-corrected chi connectivity index (χ0v) is 11.2. The SMILES string of the molecule is CC(CC=O)c1cccc(C2COC(C)(C)O2)c1. The van der Waals surface area contributed by atoms with Crippen molar-refractivity contribution >= 4 is 6.29 Å². The molecule has 0 saturated carbocycles. The van der Waals surface area contributed by atoms with Gasteiger partial charge in [-0.2, -0.15) is 0 Å². The summed E-state index contributed by atoms with van der Waals surface area (Å²) >= 11 is 0. The van der Waals surface area contributed by atoms with Gasteiger partial charge in [-0.25, -0.2) is 0 Å². The van der Waals surface area contributed by atoms with Crippen LogP contribution in [-0.4, -0.2) is 18.7 Å². The molecular formula is C15H20O3. The van der Waals surface area contributed by atoms with Crippen molar-refractivity contribution in [2.24, 2.45) is 0 Å². The van der Waals surface area contributed by atoms with Crippen LogP contribution >= 0.6 is 0 Å². The highest BCUT2D eigenvalue weighted by molar-refractivity contribution is 5.51. The van der Waals surface area contributed by atoms with Gasteiger partial charge in [0.1, 0.15) is 12.4 Å². The minimum atomic E-state index is -0.505. The first-order valence-corrected chi connectivity index (χ1v) is 6.37. The molecule has 1 saturated heterocycles. The van der Waals surface area contributed by atoms with E-state index in [0.717, 1.165) is 11.8 Å². The minimum absolute atomic E-state index is 0.0108. The molecule has 3 nitrogen and oxygen atoms in total. The summed E-state index contributed by atoms with van der Waals surface area (Å²) in [6.07, 6.45) is 1.51. The molecule has 0 aliphatic carbocycles. The summed E-state index contributed by atoms with van der Waals surface area (Å²) in [6, 6.07) is 8.23. The van der Waals surface area contributed by atoms with E-state index in [9.17, 15) is 4.79 Å². The molecule has 18 heavy (non-hydrogen) atoms. The summed E-state index contributed by atoms with van der Waals surface area (Å²) in [5.74, 6) is -0.257. The van der Waals surface area contributed by atoms with Crippen LogP contribution in [0.25, 0.3) is 0 Å². The summed E-state index contributed by atoms with van der Waals surface area (Å²) < 4.78 is 11.4. The molecule has 1 aromatic carbocycles. The predicted molar refractivity (Wildman–Crippen MR) is 69.4 cm³/mol. The number of carbonyl (C=O) groups is 1. The third kappa shape index (κ3) is 2.98. The van der Waals surface area contributed by atoms with Crippen molar-refractivity contribution in [1.29, 1.82) is 0 Å². The molecule has 0 aromatic heterocycles. The molecule has 0 spiro atoms.